The minimum absolute atomic E-state index is 0.0686. The third-order valence-corrected chi connectivity index (χ3v) is 6.42. The SMILES string of the molecule is CCOc1cc(C=Cc2nc3sc4c(c3c(=O)[nH]2)CCCC4)cc(Br)c1O. The van der Waals surface area contributed by atoms with Crippen LogP contribution in [0.25, 0.3) is 22.4 Å². The van der Waals surface area contributed by atoms with Gasteiger partial charge in [0.25, 0.3) is 5.56 Å². The van der Waals surface area contributed by atoms with Crippen molar-refractivity contribution in [2.45, 2.75) is 32.6 Å². The first-order valence-electron chi connectivity index (χ1n) is 8.94. The second kappa shape index (κ2) is 7.48. The molecule has 5 nitrogen and oxygen atoms in total. The number of nitrogens with one attached hydrogen (secondary N) is 1. The maximum atomic E-state index is 12.6. The Morgan fingerprint density at radius 1 is 1.33 bits per heavy atom. The smallest absolute Gasteiger partial charge is 0.260 e. The molecule has 0 fully saturated rings. The van der Waals surface area contributed by atoms with Gasteiger partial charge in [0, 0.05) is 4.88 Å². The molecule has 0 atom stereocenters. The molecule has 0 saturated heterocycles. The fourth-order valence-corrected chi connectivity index (χ4v) is 5.12. The molecule has 27 heavy (non-hydrogen) atoms. The van der Waals surface area contributed by atoms with E-state index in [-0.39, 0.29) is 11.3 Å². The van der Waals surface area contributed by atoms with Gasteiger partial charge in [-0.1, -0.05) is 6.08 Å². The number of fused-ring (bicyclic) bond motifs is 3. The van der Waals surface area contributed by atoms with Crippen LogP contribution in [-0.4, -0.2) is 21.7 Å². The summed E-state index contributed by atoms with van der Waals surface area (Å²) in [5.74, 6) is 1.01. The van der Waals surface area contributed by atoms with Crippen LogP contribution in [0, 0.1) is 0 Å². The number of benzene rings is 1. The molecule has 140 valence electrons. The third kappa shape index (κ3) is 3.53. The summed E-state index contributed by atoms with van der Waals surface area (Å²) in [4.78, 5) is 22.2. The van der Waals surface area contributed by atoms with Crippen molar-refractivity contribution in [2.24, 2.45) is 0 Å². The zero-order chi connectivity index (χ0) is 19.0. The molecule has 0 amide bonds. The fraction of sp³-hybridized carbons (Fsp3) is 0.300. The Balaban J connectivity index is 1.70. The number of rotatable bonds is 4. The molecule has 0 unspecified atom stereocenters. The van der Waals surface area contributed by atoms with Gasteiger partial charge in [0.1, 0.15) is 10.7 Å². The van der Waals surface area contributed by atoms with Crippen molar-refractivity contribution in [2.75, 3.05) is 6.61 Å². The molecule has 2 heterocycles. The van der Waals surface area contributed by atoms with Gasteiger partial charge in [-0.05, 0) is 77.9 Å². The van der Waals surface area contributed by atoms with Crippen molar-refractivity contribution < 1.29 is 9.84 Å². The molecule has 1 aliphatic rings. The van der Waals surface area contributed by atoms with Gasteiger partial charge in [-0.2, -0.15) is 0 Å². The van der Waals surface area contributed by atoms with Crippen LogP contribution in [0.5, 0.6) is 11.5 Å². The zero-order valence-corrected chi connectivity index (χ0v) is 17.2. The number of nitrogens with zero attached hydrogens (tertiary/aromatic N) is 1. The summed E-state index contributed by atoms with van der Waals surface area (Å²) in [6.45, 7) is 2.32. The number of ether oxygens (including phenoxy) is 1. The van der Waals surface area contributed by atoms with E-state index < -0.39 is 0 Å². The summed E-state index contributed by atoms with van der Waals surface area (Å²) >= 11 is 4.97. The van der Waals surface area contributed by atoms with Crippen molar-refractivity contribution in [3.63, 3.8) is 0 Å². The highest BCUT2D eigenvalue weighted by Crippen LogP contribution is 2.36. The Kier molecular flexibility index (Phi) is 5.06. The van der Waals surface area contributed by atoms with E-state index in [4.69, 9.17) is 4.74 Å². The summed E-state index contributed by atoms with van der Waals surface area (Å²) in [5.41, 5.74) is 1.95. The Morgan fingerprint density at radius 3 is 2.96 bits per heavy atom. The van der Waals surface area contributed by atoms with Gasteiger partial charge in [0.15, 0.2) is 11.5 Å². The Hall–Kier alpha value is -2.12. The highest BCUT2D eigenvalue weighted by Gasteiger charge is 2.19. The van der Waals surface area contributed by atoms with E-state index in [0.717, 1.165) is 35.0 Å². The lowest BCUT2D eigenvalue weighted by molar-refractivity contribution is 0.317. The first-order chi connectivity index (χ1) is 13.1. The zero-order valence-electron chi connectivity index (χ0n) is 14.8. The van der Waals surface area contributed by atoms with Crippen molar-refractivity contribution in [1.82, 2.24) is 9.97 Å². The first kappa shape index (κ1) is 18.3. The molecule has 1 aromatic carbocycles. The Labute approximate surface area is 168 Å². The minimum Gasteiger partial charge on any atom is -0.503 e. The van der Waals surface area contributed by atoms with E-state index in [0.29, 0.717) is 22.7 Å². The molecule has 0 bridgehead atoms. The molecule has 7 heteroatoms. The fourth-order valence-electron chi connectivity index (χ4n) is 3.39. The molecule has 4 rings (SSSR count). The number of H-pyrrole nitrogens is 1. The van der Waals surface area contributed by atoms with E-state index in [2.05, 4.69) is 25.9 Å². The average Bonchev–Trinajstić information content (AvgIpc) is 3.03. The maximum Gasteiger partial charge on any atom is 0.260 e. The lowest BCUT2D eigenvalue weighted by atomic mass is 9.97. The first-order valence-corrected chi connectivity index (χ1v) is 10.6. The van der Waals surface area contributed by atoms with Crippen molar-refractivity contribution >= 4 is 49.6 Å². The number of aromatic nitrogens is 2. The van der Waals surface area contributed by atoms with Gasteiger partial charge in [-0.25, -0.2) is 4.98 Å². The van der Waals surface area contributed by atoms with Crippen LogP contribution in [0.2, 0.25) is 0 Å². The normalized spacial score (nSPS) is 14.0. The third-order valence-electron chi connectivity index (χ3n) is 4.63. The Bertz CT molecular complexity index is 1100. The van der Waals surface area contributed by atoms with E-state index in [1.54, 1.807) is 29.5 Å². The number of phenolic OH excluding ortho intramolecular Hbond substituents is 1. The van der Waals surface area contributed by atoms with E-state index in [9.17, 15) is 9.90 Å². The standard InChI is InChI=1S/C20H19BrN2O3S/c1-2-26-14-10-11(9-13(21)18(14)24)7-8-16-22-19(25)17-12-5-3-4-6-15(12)27-20(17)23-16/h7-10,24H,2-6H2,1H3,(H,22,23,25). The van der Waals surface area contributed by atoms with Gasteiger partial charge in [0.05, 0.1) is 16.5 Å². The van der Waals surface area contributed by atoms with Crippen molar-refractivity contribution in [3.05, 3.63) is 48.8 Å². The lowest BCUT2D eigenvalue weighted by Gasteiger charge is -2.09. The average molecular weight is 447 g/mol. The van der Waals surface area contributed by atoms with Gasteiger partial charge >= 0.3 is 0 Å². The second-order valence-corrected chi connectivity index (χ2v) is 8.40. The van der Waals surface area contributed by atoms with Gasteiger partial charge in [0.2, 0.25) is 0 Å². The van der Waals surface area contributed by atoms with Crippen LogP contribution >= 0.6 is 27.3 Å². The highest BCUT2D eigenvalue weighted by molar-refractivity contribution is 9.10. The molecule has 1 aliphatic carbocycles. The van der Waals surface area contributed by atoms with Gasteiger partial charge in [-0.15, -0.1) is 11.3 Å². The summed E-state index contributed by atoms with van der Waals surface area (Å²) < 4.78 is 6.00. The molecule has 2 aromatic heterocycles. The molecule has 0 spiro atoms. The summed E-state index contributed by atoms with van der Waals surface area (Å²) in [6, 6.07) is 3.54. The van der Waals surface area contributed by atoms with E-state index in [1.807, 2.05) is 13.0 Å². The maximum absolute atomic E-state index is 12.6. The number of hydrogen-bond donors (Lipinski definition) is 2. The topological polar surface area (TPSA) is 75.2 Å². The summed E-state index contributed by atoms with van der Waals surface area (Å²) in [6.07, 6.45) is 7.94. The number of halogens is 1. The molecule has 0 aliphatic heterocycles. The van der Waals surface area contributed by atoms with Crippen LogP contribution in [0.3, 0.4) is 0 Å². The number of thiophene rings is 1. The van der Waals surface area contributed by atoms with Crippen LogP contribution < -0.4 is 10.3 Å². The number of aromatic amines is 1. The predicted molar refractivity (Wildman–Crippen MR) is 113 cm³/mol. The minimum atomic E-state index is -0.0686. The predicted octanol–water partition coefficient (Wildman–Crippen LogP) is 4.90. The Morgan fingerprint density at radius 2 is 2.15 bits per heavy atom. The number of hydrogen-bond acceptors (Lipinski definition) is 5. The van der Waals surface area contributed by atoms with Crippen LogP contribution in [0.1, 0.15) is 41.6 Å². The van der Waals surface area contributed by atoms with Crippen LogP contribution in [0.4, 0.5) is 0 Å². The second-order valence-electron chi connectivity index (χ2n) is 6.46. The van der Waals surface area contributed by atoms with Crippen molar-refractivity contribution in [3.8, 4) is 11.5 Å². The van der Waals surface area contributed by atoms with Crippen molar-refractivity contribution in [1.29, 1.82) is 0 Å². The molecule has 0 saturated carbocycles. The lowest BCUT2D eigenvalue weighted by Crippen LogP contribution is -2.11. The van der Waals surface area contributed by atoms with E-state index in [1.165, 1.54) is 16.9 Å². The molecule has 0 radical (unpaired) electrons. The largest absolute Gasteiger partial charge is 0.503 e. The summed E-state index contributed by atoms with van der Waals surface area (Å²) in [5, 5.41) is 10.8. The van der Waals surface area contributed by atoms with Crippen LogP contribution in [0.15, 0.2) is 21.4 Å². The van der Waals surface area contributed by atoms with Crippen LogP contribution in [-0.2, 0) is 12.8 Å². The molecular formula is C20H19BrN2O3S. The number of phenols is 1. The molecule has 3 aromatic rings. The number of aromatic hydroxyl groups is 1. The molecule has 2 N–H and O–H groups in total. The molecular weight excluding hydrogens is 428 g/mol. The number of aryl methyl sites for hydroxylation is 2. The van der Waals surface area contributed by atoms with Gasteiger partial charge < -0.3 is 14.8 Å². The quantitative estimate of drug-likeness (QED) is 0.597. The highest BCUT2D eigenvalue weighted by atomic mass is 79.9. The monoisotopic (exact) mass is 446 g/mol. The summed E-state index contributed by atoms with van der Waals surface area (Å²) in [7, 11) is 0. The van der Waals surface area contributed by atoms with E-state index >= 15 is 0 Å². The van der Waals surface area contributed by atoms with Gasteiger partial charge in [-0.3, -0.25) is 4.79 Å².